The summed E-state index contributed by atoms with van der Waals surface area (Å²) in [6.07, 6.45) is 4.40. The van der Waals surface area contributed by atoms with Crippen LogP contribution in [0.15, 0.2) is 0 Å². The Morgan fingerprint density at radius 3 is 2.43 bits per heavy atom. The van der Waals surface area contributed by atoms with Crippen LogP contribution in [0.25, 0.3) is 0 Å². The van der Waals surface area contributed by atoms with E-state index in [4.69, 9.17) is 9.47 Å². The van der Waals surface area contributed by atoms with Crippen LogP contribution < -0.4 is 0 Å². The quantitative estimate of drug-likeness (QED) is 0.804. The molecule has 0 spiro atoms. The van der Waals surface area contributed by atoms with Gasteiger partial charge in [-0.2, -0.15) is 0 Å². The van der Waals surface area contributed by atoms with Crippen molar-refractivity contribution in [3.63, 3.8) is 0 Å². The molecule has 2 saturated carbocycles. The fraction of sp³-hybridized carbons (Fsp3) is 0.875. The molecule has 2 aliphatic carbocycles. The second-order valence-corrected chi connectivity index (χ2v) is 6.16. The summed E-state index contributed by atoms with van der Waals surface area (Å²) in [5, 5.41) is 11.0. The van der Waals surface area contributed by atoms with Crippen LogP contribution in [0.3, 0.4) is 0 Å². The van der Waals surface area contributed by atoms with Gasteiger partial charge < -0.3 is 14.6 Å². The molecule has 0 aromatic carbocycles. The van der Waals surface area contributed by atoms with E-state index in [0.29, 0.717) is 32.5 Å². The monoisotopic (exact) mass is 298 g/mol. The lowest BCUT2D eigenvalue weighted by Gasteiger charge is -2.49. The maximum atomic E-state index is 12.2. The Balaban J connectivity index is 2.20. The highest BCUT2D eigenvalue weighted by molar-refractivity contribution is 5.78. The molecule has 0 unspecified atom stereocenters. The summed E-state index contributed by atoms with van der Waals surface area (Å²) in [6.45, 7) is 4.17. The molecule has 2 fully saturated rings. The van der Waals surface area contributed by atoms with Crippen molar-refractivity contribution in [1.82, 2.24) is 0 Å². The fourth-order valence-corrected chi connectivity index (χ4v) is 3.96. The first-order chi connectivity index (χ1) is 10.0. The standard InChI is InChI=1S/C16H26O5/c1-3-20-14(17)11-9-12-7-5-6-8-16(12,19)13(10-11)15(18)21-4-2/h11-13,19H,3-10H2,1-2H3/t11-,12-,13+,16+/m0/s1. The van der Waals surface area contributed by atoms with Gasteiger partial charge in [-0.15, -0.1) is 0 Å². The zero-order valence-electron chi connectivity index (χ0n) is 13.0. The molecule has 0 aromatic rings. The number of fused-ring (bicyclic) bond motifs is 1. The zero-order valence-corrected chi connectivity index (χ0v) is 13.0. The van der Waals surface area contributed by atoms with Gasteiger partial charge in [-0.3, -0.25) is 9.59 Å². The summed E-state index contributed by atoms with van der Waals surface area (Å²) < 4.78 is 10.2. The first-order valence-corrected chi connectivity index (χ1v) is 8.08. The van der Waals surface area contributed by atoms with Crippen molar-refractivity contribution >= 4 is 11.9 Å². The van der Waals surface area contributed by atoms with Gasteiger partial charge in [0.25, 0.3) is 0 Å². The summed E-state index contributed by atoms with van der Waals surface area (Å²) in [4.78, 5) is 24.3. The molecular formula is C16H26O5. The lowest BCUT2D eigenvalue weighted by molar-refractivity contribution is -0.183. The van der Waals surface area contributed by atoms with Crippen molar-refractivity contribution in [2.45, 2.75) is 58.0 Å². The minimum absolute atomic E-state index is 0.0104. The maximum Gasteiger partial charge on any atom is 0.311 e. The summed E-state index contributed by atoms with van der Waals surface area (Å²) >= 11 is 0. The normalized spacial score (nSPS) is 35.7. The van der Waals surface area contributed by atoms with Crippen LogP contribution in [0.5, 0.6) is 0 Å². The van der Waals surface area contributed by atoms with Crippen LogP contribution in [0.4, 0.5) is 0 Å². The van der Waals surface area contributed by atoms with Gasteiger partial charge in [-0.1, -0.05) is 12.8 Å². The number of rotatable bonds is 4. The van der Waals surface area contributed by atoms with E-state index in [2.05, 4.69) is 0 Å². The molecular weight excluding hydrogens is 272 g/mol. The summed E-state index contributed by atoms with van der Waals surface area (Å²) in [5.41, 5.74) is -1.01. The van der Waals surface area contributed by atoms with Gasteiger partial charge in [0, 0.05) is 0 Å². The molecule has 5 nitrogen and oxygen atoms in total. The largest absolute Gasteiger partial charge is 0.466 e. The third kappa shape index (κ3) is 3.23. The number of hydrogen-bond donors (Lipinski definition) is 1. The highest BCUT2D eigenvalue weighted by Gasteiger charge is 2.54. The molecule has 1 N–H and O–H groups in total. The third-order valence-corrected chi connectivity index (χ3v) is 4.97. The van der Waals surface area contributed by atoms with Crippen molar-refractivity contribution in [2.75, 3.05) is 13.2 Å². The average molecular weight is 298 g/mol. The molecule has 0 saturated heterocycles. The van der Waals surface area contributed by atoms with E-state index in [9.17, 15) is 14.7 Å². The van der Waals surface area contributed by atoms with Crippen molar-refractivity contribution < 1.29 is 24.2 Å². The van der Waals surface area contributed by atoms with Crippen molar-refractivity contribution in [3.8, 4) is 0 Å². The Kier molecular flexibility index (Phi) is 5.25. The fourth-order valence-electron chi connectivity index (χ4n) is 3.96. The molecule has 4 atom stereocenters. The van der Waals surface area contributed by atoms with E-state index in [1.807, 2.05) is 0 Å². The van der Waals surface area contributed by atoms with E-state index in [-0.39, 0.29) is 23.8 Å². The minimum Gasteiger partial charge on any atom is -0.466 e. The molecule has 0 amide bonds. The van der Waals surface area contributed by atoms with Crippen LogP contribution in [0, 0.1) is 17.8 Å². The predicted molar refractivity (Wildman–Crippen MR) is 76.4 cm³/mol. The molecule has 21 heavy (non-hydrogen) atoms. The van der Waals surface area contributed by atoms with Crippen LogP contribution >= 0.6 is 0 Å². The Morgan fingerprint density at radius 1 is 1.10 bits per heavy atom. The van der Waals surface area contributed by atoms with Crippen LogP contribution in [-0.4, -0.2) is 35.9 Å². The number of carbonyl (C=O) groups excluding carboxylic acids is 2. The van der Waals surface area contributed by atoms with E-state index in [1.165, 1.54) is 0 Å². The average Bonchev–Trinajstić information content (AvgIpc) is 2.46. The molecule has 5 heteroatoms. The van der Waals surface area contributed by atoms with Gasteiger partial charge in [0.2, 0.25) is 0 Å². The lowest BCUT2D eigenvalue weighted by Crippen LogP contribution is -2.55. The van der Waals surface area contributed by atoms with Crippen molar-refractivity contribution in [2.24, 2.45) is 17.8 Å². The summed E-state index contributed by atoms with van der Waals surface area (Å²) in [5.74, 6) is -1.54. The Morgan fingerprint density at radius 2 is 1.76 bits per heavy atom. The van der Waals surface area contributed by atoms with Crippen molar-refractivity contribution in [3.05, 3.63) is 0 Å². The van der Waals surface area contributed by atoms with Gasteiger partial charge in [0.15, 0.2) is 0 Å². The van der Waals surface area contributed by atoms with Crippen molar-refractivity contribution in [1.29, 1.82) is 0 Å². The van der Waals surface area contributed by atoms with Gasteiger partial charge in [0.1, 0.15) is 0 Å². The second kappa shape index (κ2) is 6.77. The Labute approximate surface area is 126 Å². The number of carbonyl (C=O) groups is 2. The molecule has 0 aromatic heterocycles. The second-order valence-electron chi connectivity index (χ2n) is 6.16. The number of hydrogen-bond acceptors (Lipinski definition) is 5. The third-order valence-electron chi connectivity index (χ3n) is 4.97. The molecule has 0 bridgehead atoms. The molecule has 2 aliphatic rings. The zero-order chi connectivity index (χ0) is 15.5. The first kappa shape index (κ1) is 16.3. The Bertz CT molecular complexity index is 394. The molecule has 120 valence electrons. The van der Waals surface area contributed by atoms with Crippen LogP contribution in [0.1, 0.15) is 52.4 Å². The van der Waals surface area contributed by atoms with Crippen LogP contribution in [-0.2, 0) is 19.1 Å². The van der Waals surface area contributed by atoms with Crippen LogP contribution in [0.2, 0.25) is 0 Å². The SMILES string of the molecule is CCOC(=O)[C@H]1C[C@@H]2CCCC[C@]2(O)[C@@H](C(=O)OCC)C1. The van der Waals surface area contributed by atoms with Gasteiger partial charge >= 0.3 is 11.9 Å². The van der Waals surface area contributed by atoms with Gasteiger partial charge in [-0.25, -0.2) is 0 Å². The van der Waals surface area contributed by atoms with E-state index in [0.717, 1.165) is 19.3 Å². The highest BCUT2D eigenvalue weighted by atomic mass is 16.5. The number of esters is 2. The van der Waals surface area contributed by atoms with Gasteiger partial charge in [-0.05, 0) is 45.4 Å². The maximum absolute atomic E-state index is 12.2. The molecule has 0 heterocycles. The molecule has 0 radical (unpaired) electrons. The van der Waals surface area contributed by atoms with Gasteiger partial charge in [0.05, 0.1) is 30.7 Å². The van der Waals surface area contributed by atoms with E-state index < -0.39 is 11.5 Å². The Hall–Kier alpha value is -1.10. The molecule has 0 aliphatic heterocycles. The number of ether oxygens (including phenoxy) is 2. The number of aliphatic hydroxyl groups is 1. The molecule has 2 rings (SSSR count). The summed E-state index contributed by atoms with van der Waals surface area (Å²) in [6, 6.07) is 0. The lowest BCUT2D eigenvalue weighted by atomic mass is 9.59. The predicted octanol–water partition coefficient (Wildman–Crippen LogP) is 2.06. The van der Waals surface area contributed by atoms with E-state index >= 15 is 0 Å². The first-order valence-electron chi connectivity index (χ1n) is 8.08. The topological polar surface area (TPSA) is 72.8 Å². The highest BCUT2D eigenvalue weighted by Crippen LogP contribution is 2.49. The minimum atomic E-state index is -1.01. The summed E-state index contributed by atoms with van der Waals surface area (Å²) in [7, 11) is 0. The smallest absolute Gasteiger partial charge is 0.311 e. The van der Waals surface area contributed by atoms with E-state index in [1.54, 1.807) is 13.8 Å².